The number of carbonyl (C=O) groups is 1. The summed E-state index contributed by atoms with van der Waals surface area (Å²) in [5, 5.41) is 2.80. The van der Waals surface area contributed by atoms with Crippen LogP contribution in [0, 0.1) is 5.92 Å². The van der Waals surface area contributed by atoms with Crippen LogP contribution in [0.15, 0.2) is 0 Å². The third kappa shape index (κ3) is 1.99. The van der Waals surface area contributed by atoms with Crippen LogP contribution in [0.2, 0.25) is 0 Å². The summed E-state index contributed by atoms with van der Waals surface area (Å²) in [4.78, 5) is 10.7. The van der Waals surface area contributed by atoms with E-state index in [0.29, 0.717) is 12.3 Å². The molecule has 0 radical (unpaired) electrons. The smallest absolute Gasteiger partial charge is 0.220 e. The third-order valence-corrected chi connectivity index (χ3v) is 1.77. The molecule has 1 saturated heterocycles. The van der Waals surface area contributed by atoms with Gasteiger partial charge in [-0.3, -0.25) is 4.79 Å². The molecule has 58 valence electrons. The molecule has 0 aromatic heterocycles. The minimum atomic E-state index is 0.173. The van der Waals surface area contributed by atoms with E-state index in [0.717, 1.165) is 19.6 Å². The molecule has 0 aromatic carbocycles. The lowest BCUT2D eigenvalue weighted by atomic mass is 10.0. The highest BCUT2D eigenvalue weighted by Gasteiger charge is 2.16. The summed E-state index contributed by atoms with van der Waals surface area (Å²) in [6.45, 7) is 1.55. The minimum absolute atomic E-state index is 0.173. The van der Waals surface area contributed by atoms with E-state index in [4.69, 9.17) is 4.74 Å². The van der Waals surface area contributed by atoms with Crippen LogP contribution in [-0.2, 0) is 9.53 Å². The molecular weight excluding hydrogens is 130 g/mol. The van der Waals surface area contributed by atoms with Gasteiger partial charge in [0.15, 0.2) is 0 Å². The predicted molar refractivity (Wildman–Crippen MR) is 37.6 cm³/mol. The molecule has 0 aliphatic carbocycles. The quantitative estimate of drug-likeness (QED) is 0.598. The number of hydrogen-bond acceptors (Lipinski definition) is 2. The molecule has 1 N–H and O–H groups in total. The van der Waals surface area contributed by atoms with Crippen LogP contribution < -0.4 is 5.32 Å². The molecule has 0 spiro atoms. The molecule has 3 heteroatoms. The van der Waals surface area contributed by atoms with Crippen molar-refractivity contribution in [2.24, 2.45) is 5.92 Å². The van der Waals surface area contributed by atoms with Gasteiger partial charge >= 0.3 is 0 Å². The van der Waals surface area contributed by atoms with E-state index in [-0.39, 0.29) is 5.91 Å². The lowest BCUT2D eigenvalue weighted by Gasteiger charge is -2.20. The van der Waals surface area contributed by atoms with E-state index in [9.17, 15) is 4.79 Å². The van der Waals surface area contributed by atoms with E-state index in [1.54, 1.807) is 7.11 Å². The molecule has 3 nitrogen and oxygen atoms in total. The molecular formula is C7H13NO2. The van der Waals surface area contributed by atoms with Gasteiger partial charge in [0.1, 0.15) is 0 Å². The zero-order chi connectivity index (χ0) is 7.40. The Morgan fingerprint density at radius 1 is 1.80 bits per heavy atom. The molecule has 0 bridgehead atoms. The van der Waals surface area contributed by atoms with Gasteiger partial charge in [0.25, 0.3) is 0 Å². The zero-order valence-corrected chi connectivity index (χ0v) is 6.22. The van der Waals surface area contributed by atoms with Crippen LogP contribution in [0.4, 0.5) is 0 Å². The van der Waals surface area contributed by atoms with E-state index >= 15 is 0 Å². The van der Waals surface area contributed by atoms with Crippen molar-refractivity contribution in [1.29, 1.82) is 0 Å². The molecule has 10 heavy (non-hydrogen) atoms. The summed E-state index contributed by atoms with van der Waals surface area (Å²) in [5.41, 5.74) is 0. The zero-order valence-electron chi connectivity index (χ0n) is 6.22. The Morgan fingerprint density at radius 3 is 3.10 bits per heavy atom. The molecule has 1 amide bonds. The van der Waals surface area contributed by atoms with Crippen LogP contribution in [0.5, 0.6) is 0 Å². The first-order valence-corrected chi connectivity index (χ1v) is 3.58. The van der Waals surface area contributed by atoms with Gasteiger partial charge in [-0.1, -0.05) is 0 Å². The molecule has 1 aliphatic rings. The van der Waals surface area contributed by atoms with Crippen molar-refractivity contribution in [2.75, 3.05) is 20.3 Å². The predicted octanol–water partition coefficient (Wildman–Crippen LogP) is 0.159. The molecule has 1 fully saturated rings. The first kappa shape index (κ1) is 7.54. The lowest BCUT2D eigenvalue weighted by molar-refractivity contribution is -0.123. The average Bonchev–Trinajstić information content (AvgIpc) is 1.95. The standard InChI is InChI=1S/C7H13NO2/c1-10-5-6-2-3-7(9)8-4-6/h6H,2-5H2,1H3,(H,8,9). The normalized spacial score (nSPS) is 26.1. The maximum Gasteiger partial charge on any atom is 0.220 e. The van der Waals surface area contributed by atoms with E-state index in [1.165, 1.54) is 0 Å². The number of piperidine rings is 1. The number of amides is 1. The molecule has 1 heterocycles. The highest BCUT2D eigenvalue weighted by molar-refractivity contribution is 5.76. The van der Waals surface area contributed by atoms with Gasteiger partial charge < -0.3 is 10.1 Å². The number of ether oxygens (including phenoxy) is 1. The summed E-state index contributed by atoms with van der Waals surface area (Å²) in [5.74, 6) is 0.704. The summed E-state index contributed by atoms with van der Waals surface area (Å²) in [6, 6.07) is 0. The largest absolute Gasteiger partial charge is 0.384 e. The maximum absolute atomic E-state index is 10.7. The second-order valence-electron chi connectivity index (χ2n) is 2.66. The molecule has 1 aliphatic heterocycles. The van der Waals surface area contributed by atoms with Gasteiger partial charge in [-0.15, -0.1) is 0 Å². The molecule has 1 rings (SSSR count). The van der Waals surface area contributed by atoms with Gasteiger partial charge in [-0.2, -0.15) is 0 Å². The number of rotatable bonds is 2. The summed E-state index contributed by atoms with van der Waals surface area (Å²) in [6.07, 6.45) is 1.63. The Morgan fingerprint density at radius 2 is 2.60 bits per heavy atom. The van der Waals surface area contributed by atoms with E-state index < -0.39 is 0 Å². The van der Waals surface area contributed by atoms with Crippen LogP contribution in [0.3, 0.4) is 0 Å². The van der Waals surface area contributed by atoms with Crippen molar-refractivity contribution in [3.8, 4) is 0 Å². The van der Waals surface area contributed by atoms with Crippen LogP contribution in [-0.4, -0.2) is 26.2 Å². The van der Waals surface area contributed by atoms with E-state index in [1.807, 2.05) is 0 Å². The lowest BCUT2D eigenvalue weighted by Crippen LogP contribution is -2.36. The highest BCUT2D eigenvalue weighted by Crippen LogP contribution is 2.09. The molecule has 1 atom stereocenters. The first-order valence-electron chi connectivity index (χ1n) is 3.58. The summed E-state index contributed by atoms with van der Waals surface area (Å²) in [7, 11) is 1.69. The Hall–Kier alpha value is -0.570. The van der Waals surface area contributed by atoms with Crippen molar-refractivity contribution in [1.82, 2.24) is 5.32 Å². The molecule has 0 saturated carbocycles. The number of carbonyl (C=O) groups excluding carboxylic acids is 1. The van der Waals surface area contributed by atoms with Crippen molar-refractivity contribution in [2.45, 2.75) is 12.8 Å². The summed E-state index contributed by atoms with van der Waals surface area (Å²) >= 11 is 0. The van der Waals surface area contributed by atoms with Gasteiger partial charge in [-0.05, 0) is 6.42 Å². The van der Waals surface area contributed by atoms with Crippen molar-refractivity contribution < 1.29 is 9.53 Å². The van der Waals surface area contributed by atoms with Gasteiger partial charge in [0.05, 0.1) is 6.61 Å². The fraction of sp³-hybridized carbons (Fsp3) is 0.857. The van der Waals surface area contributed by atoms with E-state index in [2.05, 4.69) is 5.32 Å². The minimum Gasteiger partial charge on any atom is -0.384 e. The van der Waals surface area contributed by atoms with Crippen LogP contribution in [0.1, 0.15) is 12.8 Å². The highest BCUT2D eigenvalue weighted by atomic mass is 16.5. The maximum atomic E-state index is 10.7. The average molecular weight is 143 g/mol. The SMILES string of the molecule is COCC1CCC(=O)NC1. The fourth-order valence-electron chi connectivity index (χ4n) is 1.16. The van der Waals surface area contributed by atoms with Gasteiger partial charge in [0, 0.05) is 26.0 Å². The van der Waals surface area contributed by atoms with Gasteiger partial charge in [-0.25, -0.2) is 0 Å². The van der Waals surface area contributed by atoms with Crippen LogP contribution in [0.25, 0.3) is 0 Å². The number of methoxy groups -OCH3 is 1. The van der Waals surface area contributed by atoms with Crippen molar-refractivity contribution in [3.63, 3.8) is 0 Å². The van der Waals surface area contributed by atoms with Crippen molar-refractivity contribution in [3.05, 3.63) is 0 Å². The van der Waals surface area contributed by atoms with Gasteiger partial charge in [0.2, 0.25) is 5.91 Å². The third-order valence-electron chi connectivity index (χ3n) is 1.77. The monoisotopic (exact) mass is 143 g/mol. The Bertz CT molecular complexity index is 115. The Labute approximate surface area is 60.7 Å². The number of hydrogen-bond donors (Lipinski definition) is 1. The fourth-order valence-corrected chi connectivity index (χ4v) is 1.16. The second kappa shape index (κ2) is 3.56. The van der Waals surface area contributed by atoms with Crippen LogP contribution >= 0.6 is 0 Å². The summed E-state index contributed by atoms with van der Waals surface area (Å²) < 4.78 is 4.97. The Balaban J connectivity index is 2.19. The molecule has 1 unspecified atom stereocenters. The molecule has 0 aromatic rings. The Kier molecular flexibility index (Phi) is 2.68. The number of nitrogens with one attached hydrogen (secondary N) is 1. The second-order valence-corrected chi connectivity index (χ2v) is 2.66. The van der Waals surface area contributed by atoms with Crippen molar-refractivity contribution >= 4 is 5.91 Å². The topological polar surface area (TPSA) is 38.3 Å². The first-order chi connectivity index (χ1) is 4.83.